The van der Waals surface area contributed by atoms with Crippen molar-refractivity contribution in [3.63, 3.8) is 0 Å². The van der Waals surface area contributed by atoms with E-state index in [0.717, 1.165) is 11.2 Å². The monoisotopic (exact) mass is 231 g/mol. The third-order valence-electron chi connectivity index (χ3n) is 2.82. The van der Waals surface area contributed by atoms with E-state index in [1.807, 2.05) is 24.5 Å². The van der Waals surface area contributed by atoms with Gasteiger partial charge in [-0.1, -0.05) is 0 Å². The van der Waals surface area contributed by atoms with Crippen molar-refractivity contribution in [3.05, 3.63) is 34.0 Å². The van der Waals surface area contributed by atoms with Gasteiger partial charge >= 0.3 is 0 Å². The topological polar surface area (TPSA) is 47.8 Å². The number of aryl methyl sites for hydroxylation is 2. The number of nitrogens with zero attached hydrogens (tertiary/aromatic N) is 3. The average Bonchev–Trinajstić information content (AvgIpc) is 2.14. The van der Waals surface area contributed by atoms with Gasteiger partial charge in [-0.25, -0.2) is 4.98 Å². The van der Waals surface area contributed by atoms with Crippen LogP contribution in [0.2, 0.25) is 0 Å². The molecule has 0 N–H and O–H groups in total. The number of rotatable bonds is 0. The first-order chi connectivity index (χ1) is 7.82. The van der Waals surface area contributed by atoms with Crippen LogP contribution < -0.4 is 5.56 Å². The normalized spacial score (nSPS) is 12.1. The molecule has 0 spiro atoms. The summed E-state index contributed by atoms with van der Waals surface area (Å²) in [4.78, 5) is 20.4. The maximum atomic E-state index is 11.9. The van der Waals surface area contributed by atoms with E-state index in [1.54, 1.807) is 6.20 Å². The molecule has 0 saturated heterocycles. The van der Waals surface area contributed by atoms with Gasteiger partial charge in [0.1, 0.15) is 11.5 Å². The van der Waals surface area contributed by atoms with Gasteiger partial charge < -0.3 is 4.57 Å². The Bertz CT molecular complexity index is 635. The molecule has 0 atom stereocenters. The summed E-state index contributed by atoms with van der Waals surface area (Å²) in [6.45, 7) is 9.99. The van der Waals surface area contributed by atoms with Crippen LogP contribution in [0.3, 0.4) is 0 Å². The molecule has 17 heavy (non-hydrogen) atoms. The summed E-state index contributed by atoms with van der Waals surface area (Å²) in [5.74, 6) is 0.702. The van der Waals surface area contributed by atoms with E-state index < -0.39 is 0 Å². The molecule has 0 aliphatic rings. The number of fused-ring (bicyclic) bond motifs is 1. The van der Waals surface area contributed by atoms with Gasteiger partial charge in [0.25, 0.3) is 5.56 Å². The van der Waals surface area contributed by atoms with Gasteiger partial charge in [0.2, 0.25) is 0 Å². The average molecular weight is 231 g/mol. The Kier molecular flexibility index (Phi) is 2.53. The SMILES string of the molecule is Cc1ccnc2c1c(=O)nc(C)n2C(C)(C)C. The molecule has 0 radical (unpaired) electrons. The minimum absolute atomic E-state index is 0.149. The first kappa shape index (κ1) is 11.8. The lowest BCUT2D eigenvalue weighted by atomic mass is 10.1. The number of hydrogen-bond donors (Lipinski definition) is 0. The molecule has 0 amide bonds. The molecule has 4 nitrogen and oxygen atoms in total. The molecule has 0 fully saturated rings. The lowest BCUT2D eigenvalue weighted by Crippen LogP contribution is -2.29. The van der Waals surface area contributed by atoms with Crippen molar-refractivity contribution in [1.82, 2.24) is 14.5 Å². The molecular weight excluding hydrogens is 214 g/mol. The summed E-state index contributed by atoms with van der Waals surface area (Å²) in [6, 6.07) is 1.84. The smallest absolute Gasteiger partial charge is 0.282 e. The van der Waals surface area contributed by atoms with E-state index in [2.05, 4.69) is 30.7 Å². The highest BCUT2D eigenvalue weighted by Gasteiger charge is 2.20. The van der Waals surface area contributed by atoms with Crippen molar-refractivity contribution in [2.24, 2.45) is 0 Å². The fraction of sp³-hybridized carbons (Fsp3) is 0.462. The van der Waals surface area contributed by atoms with Gasteiger partial charge in [-0.15, -0.1) is 0 Å². The minimum Gasteiger partial charge on any atom is -0.309 e. The molecule has 0 aromatic carbocycles. The van der Waals surface area contributed by atoms with Crippen LogP contribution in [0.15, 0.2) is 17.1 Å². The fourth-order valence-corrected chi connectivity index (χ4v) is 2.19. The molecule has 2 aromatic rings. The van der Waals surface area contributed by atoms with Gasteiger partial charge in [0, 0.05) is 11.7 Å². The van der Waals surface area contributed by atoms with Crippen LogP contribution in [0, 0.1) is 13.8 Å². The Morgan fingerprint density at radius 3 is 2.47 bits per heavy atom. The zero-order valence-electron chi connectivity index (χ0n) is 10.9. The summed E-state index contributed by atoms with van der Waals surface area (Å²) in [6.07, 6.45) is 1.73. The third-order valence-corrected chi connectivity index (χ3v) is 2.82. The molecule has 0 saturated carbocycles. The highest BCUT2D eigenvalue weighted by molar-refractivity contribution is 5.78. The molecule has 0 aliphatic carbocycles. The molecule has 2 aromatic heterocycles. The van der Waals surface area contributed by atoms with Crippen LogP contribution in [0.5, 0.6) is 0 Å². The van der Waals surface area contributed by atoms with Crippen molar-refractivity contribution < 1.29 is 0 Å². The zero-order chi connectivity index (χ0) is 12.8. The van der Waals surface area contributed by atoms with Gasteiger partial charge in [0.15, 0.2) is 0 Å². The first-order valence-corrected chi connectivity index (χ1v) is 5.68. The minimum atomic E-state index is -0.191. The highest BCUT2D eigenvalue weighted by Crippen LogP contribution is 2.21. The zero-order valence-corrected chi connectivity index (χ0v) is 10.9. The molecular formula is C13H17N3O. The molecule has 90 valence electrons. The predicted octanol–water partition coefficient (Wildman–Crippen LogP) is 2.16. The van der Waals surface area contributed by atoms with E-state index in [0.29, 0.717) is 11.2 Å². The summed E-state index contributed by atoms with van der Waals surface area (Å²) >= 11 is 0. The Labute approximate surface area is 100 Å². The van der Waals surface area contributed by atoms with Crippen LogP contribution in [0.1, 0.15) is 32.2 Å². The van der Waals surface area contributed by atoms with Crippen LogP contribution in [-0.2, 0) is 5.54 Å². The predicted molar refractivity (Wildman–Crippen MR) is 68.3 cm³/mol. The van der Waals surface area contributed by atoms with E-state index >= 15 is 0 Å². The summed E-state index contributed by atoms with van der Waals surface area (Å²) in [7, 11) is 0. The summed E-state index contributed by atoms with van der Waals surface area (Å²) < 4.78 is 2.01. The standard InChI is InChI=1S/C13H17N3O/c1-8-6-7-14-11-10(8)12(17)15-9(2)16(11)13(3,4)5/h6-7H,1-5H3. The molecule has 4 heteroatoms. The van der Waals surface area contributed by atoms with Crippen LogP contribution in [0.4, 0.5) is 0 Å². The van der Waals surface area contributed by atoms with E-state index in [9.17, 15) is 4.79 Å². The Morgan fingerprint density at radius 2 is 1.88 bits per heavy atom. The van der Waals surface area contributed by atoms with E-state index in [-0.39, 0.29) is 11.1 Å². The van der Waals surface area contributed by atoms with Crippen LogP contribution in [0.25, 0.3) is 11.0 Å². The molecule has 2 rings (SSSR count). The van der Waals surface area contributed by atoms with Crippen molar-refractivity contribution in [3.8, 4) is 0 Å². The largest absolute Gasteiger partial charge is 0.309 e. The maximum absolute atomic E-state index is 11.9. The number of aromatic nitrogens is 3. The third kappa shape index (κ3) is 1.84. The molecule has 0 aliphatic heterocycles. The number of hydrogen-bond acceptors (Lipinski definition) is 3. The van der Waals surface area contributed by atoms with Gasteiger partial charge in [0.05, 0.1) is 5.39 Å². The van der Waals surface area contributed by atoms with Crippen molar-refractivity contribution in [1.29, 1.82) is 0 Å². The van der Waals surface area contributed by atoms with Crippen molar-refractivity contribution in [2.75, 3.05) is 0 Å². The molecule has 0 unspecified atom stereocenters. The van der Waals surface area contributed by atoms with Crippen molar-refractivity contribution in [2.45, 2.75) is 40.2 Å². The summed E-state index contributed by atoms with van der Waals surface area (Å²) in [5.41, 5.74) is 1.30. The highest BCUT2D eigenvalue weighted by atomic mass is 16.1. The second kappa shape index (κ2) is 3.65. The Hall–Kier alpha value is -1.71. The maximum Gasteiger partial charge on any atom is 0.282 e. The lowest BCUT2D eigenvalue weighted by molar-refractivity contribution is 0.391. The molecule has 0 bridgehead atoms. The lowest BCUT2D eigenvalue weighted by Gasteiger charge is -2.26. The Morgan fingerprint density at radius 1 is 1.24 bits per heavy atom. The fourth-order valence-electron chi connectivity index (χ4n) is 2.19. The number of pyridine rings is 1. The van der Waals surface area contributed by atoms with Crippen LogP contribution in [-0.4, -0.2) is 14.5 Å². The Balaban J connectivity index is 3.05. The van der Waals surface area contributed by atoms with Crippen molar-refractivity contribution >= 4 is 11.0 Å². The summed E-state index contributed by atoms with van der Waals surface area (Å²) in [5, 5.41) is 0.619. The van der Waals surface area contributed by atoms with Gasteiger partial charge in [-0.2, -0.15) is 4.98 Å². The van der Waals surface area contributed by atoms with E-state index in [1.165, 1.54) is 0 Å². The second-order valence-corrected chi connectivity index (χ2v) is 5.30. The second-order valence-electron chi connectivity index (χ2n) is 5.30. The van der Waals surface area contributed by atoms with Crippen LogP contribution >= 0.6 is 0 Å². The first-order valence-electron chi connectivity index (χ1n) is 5.68. The van der Waals surface area contributed by atoms with Gasteiger partial charge in [-0.3, -0.25) is 4.79 Å². The quantitative estimate of drug-likeness (QED) is 0.698. The van der Waals surface area contributed by atoms with E-state index in [4.69, 9.17) is 0 Å². The van der Waals surface area contributed by atoms with Gasteiger partial charge in [-0.05, 0) is 46.2 Å². The molecule has 2 heterocycles.